The summed E-state index contributed by atoms with van der Waals surface area (Å²) in [4.78, 5) is 10.6. The molecule has 0 unspecified atom stereocenters. The summed E-state index contributed by atoms with van der Waals surface area (Å²) in [5.74, 6) is -0.559. The Morgan fingerprint density at radius 1 is 1.23 bits per heavy atom. The van der Waals surface area contributed by atoms with E-state index in [-0.39, 0.29) is 11.3 Å². The Kier molecular flexibility index (Phi) is 2.74. The average molecular weight is 181 g/mol. The van der Waals surface area contributed by atoms with E-state index in [0.717, 1.165) is 0 Å². The first-order valence-electron chi connectivity index (χ1n) is 3.62. The minimum absolute atomic E-state index is 0.0122. The molecule has 0 aliphatic carbocycles. The highest BCUT2D eigenvalue weighted by molar-refractivity contribution is 5.91. The van der Waals surface area contributed by atoms with E-state index in [1.165, 1.54) is 26.4 Å². The molecule has 0 fully saturated rings. The highest BCUT2D eigenvalue weighted by atomic mass is 16.5. The number of hydrogen-bond acceptors (Lipinski definition) is 3. The highest BCUT2D eigenvalue weighted by Gasteiger charge is 2.13. The first kappa shape index (κ1) is 9.38. The molecule has 0 saturated carbocycles. The average Bonchev–Trinajstić information content (AvgIpc) is 2.16. The van der Waals surface area contributed by atoms with Crippen LogP contribution in [-0.4, -0.2) is 20.2 Å². The first-order chi connectivity index (χ1) is 6.19. The molecule has 1 rings (SSSR count). The molecule has 0 aliphatic heterocycles. The van der Waals surface area contributed by atoms with E-state index in [1.54, 1.807) is 6.07 Å². The summed E-state index contributed by atoms with van der Waals surface area (Å²) >= 11 is 0. The molecular formula is C9H9O4. The van der Waals surface area contributed by atoms with Crippen molar-refractivity contribution in [3.63, 3.8) is 0 Å². The van der Waals surface area contributed by atoms with Crippen LogP contribution < -0.4 is 9.47 Å². The predicted molar refractivity (Wildman–Crippen MR) is 44.6 cm³/mol. The van der Waals surface area contributed by atoms with Gasteiger partial charge < -0.3 is 9.47 Å². The zero-order valence-corrected chi connectivity index (χ0v) is 7.37. The fourth-order valence-corrected chi connectivity index (χ4v) is 0.974. The Morgan fingerprint density at radius 2 is 1.92 bits per heavy atom. The van der Waals surface area contributed by atoms with Crippen LogP contribution in [0.15, 0.2) is 18.2 Å². The van der Waals surface area contributed by atoms with Gasteiger partial charge in [-0.3, -0.25) is 0 Å². The van der Waals surface area contributed by atoms with Crippen molar-refractivity contribution in [3.8, 4) is 11.5 Å². The van der Waals surface area contributed by atoms with Crippen molar-refractivity contribution in [1.82, 2.24) is 0 Å². The smallest absolute Gasteiger partial charge is 0.390 e. The molecule has 0 spiro atoms. The Morgan fingerprint density at radius 3 is 2.38 bits per heavy atom. The highest BCUT2D eigenvalue weighted by Crippen LogP contribution is 2.23. The number of benzene rings is 1. The number of rotatable bonds is 3. The first-order valence-corrected chi connectivity index (χ1v) is 3.62. The lowest BCUT2D eigenvalue weighted by molar-refractivity contribution is 0.0569. The number of ether oxygens (including phenoxy) is 2. The quantitative estimate of drug-likeness (QED) is 0.705. The van der Waals surface area contributed by atoms with Gasteiger partial charge in [0.05, 0.1) is 14.2 Å². The fourth-order valence-electron chi connectivity index (χ4n) is 0.974. The minimum atomic E-state index is -1.28. The van der Waals surface area contributed by atoms with Gasteiger partial charge in [0, 0.05) is 0 Å². The molecule has 13 heavy (non-hydrogen) atoms. The Labute approximate surface area is 75.7 Å². The molecule has 0 heterocycles. The van der Waals surface area contributed by atoms with E-state index < -0.39 is 5.97 Å². The van der Waals surface area contributed by atoms with Crippen LogP contribution in [-0.2, 0) is 5.11 Å². The molecule has 0 aliphatic rings. The van der Waals surface area contributed by atoms with Crippen molar-refractivity contribution in [2.24, 2.45) is 0 Å². The fraction of sp³-hybridized carbons (Fsp3) is 0.222. The maximum absolute atomic E-state index is 10.6. The third-order valence-corrected chi connectivity index (χ3v) is 1.63. The number of carbonyl (C=O) groups is 1. The molecule has 0 atom stereocenters. The monoisotopic (exact) mass is 181 g/mol. The van der Waals surface area contributed by atoms with E-state index in [4.69, 9.17) is 9.47 Å². The van der Waals surface area contributed by atoms with Crippen LogP contribution in [0.2, 0.25) is 0 Å². The van der Waals surface area contributed by atoms with Gasteiger partial charge in [0.25, 0.3) is 0 Å². The van der Waals surface area contributed by atoms with Gasteiger partial charge in [0.1, 0.15) is 17.1 Å². The van der Waals surface area contributed by atoms with Gasteiger partial charge in [-0.05, 0) is 18.2 Å². The number of hydrogen-bond donors (Lipinski definition) is 0. The normalized spacial score (nSPS) is 9.38. The molecule has 1 aromatic carbocycles. The van der Waals surface area contributed by atoms with E-state index in [9.17, 15) is 9.90 Å². The standard InChI is InChI=1S/C9H9O4/c1-12-6-3-4-8(13-2)7(5-6)9(10)11/h3-5H,1-2H3. The third-order valence-electron chi connectivity index (χ3n) is 1.63. The second kappa shape index (κ2) is 3.80. The van der Waals surface area contributed by atoms with Crippen molar-refractivity contribution in [3.05, 3.63) is 23.8 Å². The third kappa shape index (κ3) is 1.90. The molecule has 0 bridgehead atoms. The van der Waals surface area contributed by atoms with Crippen LogP contribution in [0.25, 0.3) is 0 Å². The summed E-state index contributed by atoms with van der Waals surface area (Å²) in [6, 6.07) is 4.49. The van der Waals surface area contributed by atoms with Gasteiger partial charge in [-0.1, -0.05) is 0 Å². The van der Waals surface area contributed by atoms with Crippen LogP contribution in [0.5, 0.6) is 11.5 Å². The van der Waals surface area contributed by atoms with Crippen molar-refractivity contribution in [1.29, 1.82) is 0 Å². The van der Waals surface area contributed by atoms with Crippen molar-refractivity contribution < 1.29 is 19.4 Å². The van der Waals surface area contributed by atoms with Crippen LogP contribution in [0, 0.1) is 0 Å². The van der Waals surface area contributed by atoms with Gasteiger partial charge in [0.15, 0.2) is 0 Å². The van der Waals surface area contributed by atoms with E-state index in [2.05, 4.69) is 0 Å². The second-order valence-electron chi connectivity index (χ2n) is 2.35. The molecule has 1 radical (unpaired) electrons. The van der Waals surface area contributed by atoms with Crippen LogP contribution in [0.4, 0.5) is 0 Å². The molecule has 4 nitrogen and oxygen atoms in total. The molecule has 0 N–H and O–H groups in total. The van der Waals surface area contributed by atoms with Crippen LogP contribution in [0.1, 0.15) is 10.4 Å². The lowest BCUT2D eigenvalue weighted by Gasteiger charge is -2.05. The summed E-state index contributed by atoms with van der Waals surface area (Å²) in [5, 5.41) is 10.6. The van der Waals surface area contributed by atoms with E-state index in [1.807, 2.05) is 0 Å². The summed E-state index contributed by atoms with van der Waals surface area (Å²) in [6.07, 6.45) is 0. The molecule has 4 heteroatoms. The maximum atomic E-state index is 10.6. The number of carbonyl (C=O) groups excluding carboxylic acids is 1. The molecule has 0 aromatic heterocycles. The lowest BCUT2D eigenvalue weighted by Crippen LogP contribution is -1.99. The summed E-state index contributed by atoms with van der Waals surface area (Å²) < 4.78 is 9.69. The minimum Gasteiger partial charge on any atom is -0.497 e. The molecular weight excluding hydrogens is 172 g/mol. The zero-order valence-electron chi connectivity index (χ0n) is 7.37. The van der Waals surface area contributed by atoms with Crippen LogP contribution >= 0.6 is 0 Å². The van der Waals surface area contributed by atoms with Gasteiger partial charge in [-0.15, -0.1) is 0 Å². The summed E-state index contributed by atoms with van der Waals surface area (Å²) in [5.41, 5.74) is -0.0122. The largest absolute Gasteiger partial charge is 0.497 e. The Bertz CT molecular complexity index is 319. The van der Waals surface area contributed by atoms with Crippen LogP contribution in [0.3, 0.4) is 0 Å². The van der Waals surface area contributed by atoms with Gasteiger partial charge in [0.2, 0.25) is 0 Å². The Hall–Kier alpha value is -1.71. The van der Waals surface area contributed by atoms with Gasteiger partial charge in [-0.2, -0.15) is 0 Å². The molecule has 0 saturated heterocycles. The van der Waals surface area contributed by atoms with Crippen molar-refractivity contribution in [2.45, 2.75) is 0 Å². The zero-order chi connectivity index (χ0) is 9.84. The summed E-state index contributed by atoms with van der Waals surface area (Å²) in [6.45, 7) is 0. The molecule has 0 amide bonds. The summed E-state index contributed by atoms with van der Waals surface area (Å²) in [7, 11) is 2.86. The lowest BCUT2D eigenvalue weighted by atomic mass is 10.2. The van der Waals surface area contributed by atoms with E-state index in [0.29, 0.717) is 5.75 Å². The van der Waals surface area contributed by atoms with Gasteiger partial charge >= 0.3 is 5.97 Å². The topological polar surface area (TPSA) is 55.4 Å². The van der Waals surface area contributed by atoms with Crippen molar-refractivity contribution in [2.75, 3.05) is 14.2 Å². The predicted octanol–water partition coefficient (Wildman–Crippen LogP) is 1.27. The molecule has 1 aromatic rings. The van der Waals surface area contributed by atoms with Gasteiger partial charge in [-0.25, -0.2) is 9.90 Å². The number of methoxy groups -OCH3 is 2. The second-order valence-corrected chi connectivity index (χ2v) is 2.35. The Balaban J connectivity index is 3.18. The van der Waals surface area contributed by atoms with E-state index >= 15 is 0 Å². The maximum Gasteiger partial charge on any atom is 0.390 e. The van der Waals surface area contributed by atoms with Crippen molar-refractivity contribution >= 4 is 5.97 Å². The SMILES string of the molecule is COc1ccc(OC)c(C([O])=O)c1. The molecule has 69 valence electrons.